The molecule has 2 amide bonds. The number of hydrogen-bond acceptors (Lipinski definition) is 3. The van der Waals surface area contributed by atoms with E-state index in [-0.39, 0.29) is 25.0 Å². The summed E-state index contributed by atoms with van der Waals surface area (Å²) in [6.45, 7) is 4.68. The van der Waals surface area contributed by atoms with E-state index in [0.717, 1.165) is 10.8 Å². The Balaban J connectivity index is 2.00. The molecule has 122 valence electrons. The number of carbonyl (C=O) groups is 2. The summed E-state index contributed by atoms with van der Waals surface area (Å²) in [6, 6.07) is 13.6. The van der Waals surface area contributed by atoms with Gasteiger partial charge in [0.2, 0.25) is 5.91 Å². The molecule has 5 nitrogen and oxygen atoms in total. The zero-order chi connectivity index (χ0) is 16.7. The Hall–Kier alpha value is -2.56. The molecule has 0 aliphatic carbocycles. The van der Waals surface area contributed by atoms with Crippen molar-refractivity contribution in [2.24, 2.45) is 0 Å². The number of fused-ring (bicyclic) bond motifs is 1. The van der Waals surface area contributed by atoms with Crippen LogP contribution >= 0.6 is 0 Å². The number of rotatable bonds is 7. The monoisotopic (exact) mass is 314 g/mol. The van der Waals surface area contributed by atoms with Gasteiger partial charge >= 0.3 is 0 Å². The van der Waals surface area contributed by atoms with Crippen molar-refractivity contribution >= 4 is 22.6 Å². The molecule has 0 bridgehead atoms. The first kappa shape index (κ1) is 16.8. The summed E-state index contributed by atoms with van der Waals surface area (Å²) in [4.78, 5) is 25.3. The third kappa shape index (κ3) is 4.45. The third-order valence-corrected chi connectivity index (χ3v) is 3.54. The molecule has 0 fully saturated rings. The predicted molar refractivity (Wildman–Crippen MR) is 90.4 cm³/mol. The minimum atomic E-state index is -0.202. The first-order valence-electron chi connectivity index (χ1n) is 7.80. The first-order chi connectivity index (χ1) is 11.2. The lowest BCUT2D eigenvalue weighted by Gasteiger charge is -2.20. The third-order valence-electron chi connectivity index (χ3n) is 3.54. The van der Waals surface area contributed by atoms with Gasteiger partial charge in [0.05, 0.1) is 6.54 Å². The molecule has 0 atom stereocenters. The second-order valence-corrected chi connectivity index (χ2v) is 5.13. The summed E-state index contributed by atoms with van der Waals surface area (Å²) in [5, 5.41) is 4.72. The molecule has 0 saturated carbocycles. The molecular formula is C18H22N2O3. The van der Waals surface area contributed by atoms with E-state index >= 15 is 0 Å². The molecule has 2 aromatic carbocycles. The second kappa shape index (κ2) is 8.17. The average molecular weight is 314 g/mol. The summed E-state index contributed by atoms with van der Waals surface area (Å²) < 4.78 is 5.68. The zero-order valence-electron chi connectivity index (χ0n) is 13.5. The molecule has 2 rings (SSSR count). The summed E-state index contributed by atoms with van der Waals surface area (Å²) in [6.07, 6.45) is 0. The summed E-state index contributed by atoms with van der Waals surface area (Å²) in [7, 11) is 0. The van der Waals surface area contributed by atoms with Gasteiger partial charge in [-0.25, -0.2) is 0 Å². The van der Waals surface area contributed by atoms with Gasteiger partial charge in [0, 0.05) is 18.5 Å². The number of carbonyl (C=O) groups excluding carboxylic acids is 2. The van der Waals surface area contributed by atoms with Gasteiger partial charge in [-0.1, -0.05) is 36.4 Å². The molecule has 5 heteroatoms. The van der Waals surface area contributed by atoms with Crippen LogP contribution < -0.4 is 10.1 Å². The van der Waals surface area contributed by atoms with Crippen molar-refractivity contribution in [3.63, 3.8) is 0 Å². The SMILES string of the molecule is CCNC(=O)CN(CC)C(=O)COc1cccc2ccccc12. The van der Waals surface area contributed by atoms with Crippen molar-refractivity contribution in [2.45, 2.75) is 13.8 Å². The number of hydrogen-bond donors (Lipinski definition) is 1. The maximum Gasteiger partial charge on any atom is 0.260 e. The van der Waals surface area contributed by atoms with Gasteiger partial charge in [-0.2, -0.15) is 0 Å². The molecule has 0 radical (unpaired) electrons. The summed E-state index contributed by atoms with van der Waals surface area (Å²) >= 11 is 0. The normalized spacial score (nSPS) is 10.3. The highest BCUT2D eigenvalue weighted by Gasteiger charge is 2.16. The Morgan fingerprint density at radius 3 is 2.57 bits per heavy atom. The highest BCUT2D eigenvalue weighted by Crippen LogP contribution is 2.25. The molecule has 1 N–H and O–H groups in total. The van der Waals surface area contributed by atoms with Crippen LogP contribution in [-0.2, 0) is 9.59 Å². The number of likely N-dealkylation sites (N-methyl/N-ethyl adjacent to an activating group) is 2. The molecule has 0 aliphatic heterocycles. The van der Waals surface area contributed by atoms with Crippen molar-refractivity contribution < 1.29 is 14.3 Å². The smallest absolute Gasteiger partial charge is 0.260 e. The van der Waals surface area contributed by atoms with Crippen LogP contribution in [0.25, 0.3) is 10.8 Å². The van der Waals surface area contributed by atoms with E-state index in [9.17, 15) is 9.59 Å². The van der Waals surface area contributed by atoms with Crippen LogP contribution in [0, 0.1) is 0 Å². The van der Waals surface area contributed by atoms with E-state index < -0.39 is 0 Å². The lowest BCUT2D eigenvalue weighted by atomic mass is 10.1. The van der Waals surface area contributed by atoms with E-state index in [4.69, 9.17) is 4.74 Å². The average Bonchev–Trinajstić information content (AvgIpc) is 2.57. The van der Waals surface area contributed by atoms with Crippen LogP contribution in [-0.4, -0.2) is 43.0 Å². The van der Waals surface area contributed by atoms with Crippen LogP contribution in [0.5, 0.6) is 5.75 Å². The van der Waals surface area contributed by atoms with Crippen molar-refractivity contribution in [3.05, 3.63) is 42.5 Å². The van der Waals surface area contributed by atoms with Crippen LogP contribution in [0.4, 0.5) is 0 Å². The maximum atomic E-state index is 12.2. The lowest BCUT2D eigenvalue weighted by molar-refractivity contribution is -0.137. The zero-order valence-corrected chi connectivity index (χ0v) is 13.5. The van der Waals surface area contributed by atoms with Gasteiger partial charge in [0.1, 0.15) is 5.75 Å². The molecule has 0 aromatic heterocycles. The van der Waals surface area contributed by atoms with E-state index in [2.05, 4.69) is 5.32 Å². The number of amides is 2. The van der Waals surface area contributed by atoms with Gasteiger partial charge < -0.3 is 15.0 Å². The van der Waals surface area contributed by atoms with Crippen LogP contribution in [0.15, 0.2) is 42.5 Å². The Morgan fingerprint density at radius 1 is 1.09 bits per heavy atom. The number of nitrogens with zero attached hydrogens (tertiary/aromatic N) is 1. The Labute approximate surface area is 136 Å². The molecule has 0 heterocycles. The van der Waals surface area contributed by atoms with Crippen molar-refractivity contribution in [2.75, 3.05) is 26.2 Å². The van der Waals surface area contributed by atoms with Crippen molar-refractivity contribution in [3.8, 4) is 5.75 Å². The topological polar surface area (TPSA) is 58.6 Å². The molecule has 0 unspecified atom stereocenters. The van der Waals surface area contributed by atoms with Gasteiger partial charge in [-0.15, -0.1) is 0 Å². The highest BCUT2D eigenvalue weighted by molar-refractivity contribution is 5.89. The minimum Gasteiger partial charge on any atom is -0.483 e. The van der Waals surface area contributed by atoms with Crippen LogP contribution in [0.1, 0.15) is 13.8 Å². The van der Waals surface area contributed by atoms with Gasteiger partial charge in [0.25, 0.3) is 5.91 Å². The van der Waals surface area contributed by atoms with Gasteiger partial charge in [-0.05, 0) is 25.3 Å². The quantitative estimate of drug-likeness (QED) is 0.852. The van der Waals surface area contributed by atoms with Crippen molar-refractivity contribution in [1.29, 1.82) is 0 Å². The maximum absolute atomic E-state index is 12.2. The van der Waals surface area contributed by atoms with Gasteiger partial charge in [-0.3, -0.25) is 9.59 Å². The Kier molecular flexibility index (Phi) is 5.97. The molecule has 0 saturated heterocycles. The standard InChI is InChI=1S/C18H22N2O3/c1-3-19-17(21)12-20(4-2)18(22)13-23-16-11-7-9-14-8-5-6-10-15(14)16/h5-11H,3-4,12-13H2,1-2H3,(H,19,21). The van der Waals surface area contributed by atoms with E-state index in [1.54, 1.807) is 0 Å². The Bertz CT molecular complexity index is 680. The van der Waals surface area contributed by atoms with Crippen molar-refractivity contribution in [1.82, 2.24) is 10.2 Å². The fourth-order valence-electron chi connectivity index (χ4n) is 2.36. The van der Waals surface area contributed by atoms with Crippen LogP contribution in [0.2, 0.25) is 0 Å². The number of benzene rings is 2. The predicted octanol–water partition coefficient (Wildman–Crippen LogP) is 2.20. The molecule has 0 spiro atoms. The van der Waals surface area contributed by atoms with Gasteiger partial charge in [0.15, 0.2) is 6.61 Å². The summed E-state index contributed by atoms with van der Waals surface area (Å²) in [5.74, 6) is 0.310. The van der Waals surface area contributed by atoms with E-state index in [1.807, 2.05) is 56.3 Å². The first-order valence-corrected chi connectivity index (χ1v) is 7.80. The summed E-state index contributed by atoms with van der Waals surface area (Å²) in [5.41, 5.74) is 0. The highest BCUT2D eigenvalue weighted by atomic mass is 16.5. The van der Waals surface area contributed by atoms with Crippen LogP contribution in [0.3, 0.4) is 0 Å². The molecular weight excluding hydrogens is 292 g/mol. The Morgan fingerprint density at radius 2 is 1.83 bits per heavy atom. The fraction of sp³-hybridized carbons (Fsp3) is 0.333. The minimum absolute atomic E-state index is 0.0576. The molecule has 0 aliphatic rings. The molecule has 23 heavy (non-hydrogen) atoms. The van der Waals surface area contributed by atoms with E-state index in [1.165, 1.54) is 4.90 Å². The fourth-order valence-corrected chi connectivity index (χ4v) is 2.36. The number of nitrogens with one attached hydrogen (secondary N) is 1. The largest absolute Gasteiger partial charge is 0.483 e. The lowest BCUT2D eigenvalue weighted by Crippen LogP contribution is -2.42. The number of ether oxygens (including phenoxy) is 1. The second-order valence-electron chi connectivity index (χ2n) is 5.13. The van der Waals surface area contributed by atoms with E-state index in [0.29, 0.717) is 18.8 Å². The molecule has 2 aromatic rings.